The second-order valence-electron chi connectivity index (χ2n) is 6.87. The summed E-state index contributed by atoms with van der Waals surface area (Å²) in [5, 5.41) is 8.64. The Morgan fingerprint density at radius 2 is 1.31 bits per heavy atom. The third-order valence-corrected chi connectivity index (χ3v) is 4.31. The second-order valence-corrected chi connectivity index (χ2v) is 6.87. The van der Waals surface area contributed by atoms with E-state index in [4.69, 9.17) is 0 Å². The van der Waals surface area contributed by atoms with Gasteiger partial charge in [-0.25, -0.2) is 0 Å². The SMILES string of the molecule is CCC(=O)Nc1ccc(NC(=O)CNc2ccc(CCC(=O)N(C)C)cc2)cc1. The molecule has 0 heterocycles. The lowest BCUT2D eigenvalue weighted by Crippen LogP contribution is -2.22. The van der Waals surface area contributed by atoms with E-state index < -0.39 is 0 Å². The molecule has 2 aromatic carbocycles. The van der Waals surface area contributed by atoms with Gasteiger partial charge < -0.3 is 20.9 Å². The number of benzene rings is 2. The number of anilines is 3. The molecule has 0 saturated heterocycles. The van der Waals surface area contributed by atoms with Gasteiger partial charge in [0.1, 0.15) is 0 Å². The quantitative estimate of drug-likeness (QED) is 0.607. The van der Waals surface area contributed by atoms with Crippen molar-refractivity contribution in [1.82, 2.24) is 4.90 Å². The van der Waals surface area contributed by atoms with Gasteiger partial charge in [0.2, 0.25) is 17.7 Å². The summed E-state index contributed by atoms with van der Waals surface area (Å²) in [5.41, 5.74) is 3.26. The van der Waals surface area contributed by atoms with E-state index in [0.717, 1.165) is 11.3 Å². The first-order valence-corrected chi connectivity index (χ1v) is 9.60. The monoisotopic (exact) mass is 396 g/mol. The number of nitrogens with zero attached hydrogens (tertiary/aromatic N) is 1. The van der Waals surface area contributed by atoms with Gasteiger partial charge in [-0.1, -0.05) is 19.1 Å². The zero-order valence-electron chi connectivity index (χ0n) is 17.1. The second kappa shape index (κ2) is 10.8. The van der Waals surface area contributed by atoms with Gasteiger partial charge in [0.05, 0.1) is 6.54 Å². The van der Waals surface area contributed by atoms with Crippen molar-refractivity contribution in [3.63, 3.8) is 0 Å². The molecule has 0 unspecified atom stereocenters. The number of carbonyl (C=O) groups excluding carboxylic acids is 3. The van der Waals surface area contributed by atoms with E-state index in [0.29, 0.717) is 30.6 Å². The molecule has 0 aliphatic rings. The van der Waals surface area contributed by atoms with Crippen LogP contribution in [0, 0.1) is 0 Å². The normalized spacial score (nSPS) is 10.2. The zero-order valence-corrected chi connectivity index (χ0v) is 17.1. The molecule has 0 aliphatic carbocycles. The fourth-order valence-electron chi connectivity index (χ4n) is 2.54. The van der Waals surface area contributed by atoms with Crippen molar-refractivity contribution in [2.24, 2.45) is 0 Å². The first-order valence-electron chi connectivity index (χ1n) is 9.60. The minimum atomic E-state index is -0.170. The smallest absolute Gasteiger partial charge is 0.243 e. The highest BCUT2D eigenvalue weighted by Gasteiger charge is 2.06. The predicted molar refractivity (Wildman–Crippen MR) is 116 cm³/mol. The Bertz CT molecular complexity index is 830. The van der Waals surface area contributed by atoms with Gasteiger partial charge in [0.25, 0.3) is 0 Å². The number of rotatable bonds is 9. The van der Waals surface area contributed by atoms with Crippen molar-refractivity contribution < 1.29 is 14.4 Å². The van der Waals surface area contributed by atoms with Gasteiger partial charge in [-0.3, -0.25) is 14.4 Å². The van der Waals surface area contributed by atoms with E-state index in [1.807, 2.05) is 24.3 Å². The molecule has 0 bridgehead atoms. The largest absolute Gasteiger partial charge is 0.376 e. The third-order valence-electron chi connectivity index (χ3n) is 4.31. The molecule has 7 heteroatoms. The van der Waals surface area contributed by atoms with Crippen LogP contribution >= 0.6 is 0 Å². The summed E-state index contributed by atoms with van der Waals surface area (Å²) in [6, 6.07) is 14.7. The summed E-state index contributed by atoms with van der Waals surface area (Å²) in [6.07, 6.45) is 1.58. The lowest BCUT2D eigenvalue weighted by molar-refractivity contribution is -0.128. The van der Waals surface area contributed by atoms with E-state index in [9.17, 15) is 14.4 Å². The lowest BCUT2D eigenvalue weighted by Gasteiger charge is -2.11. The van der Waals surface area contributed by atoms with Gasteiger partial charge in [0, 0.05) is 44.0 Å². The summed E-state index contributed by atoms with van der Waals surface area (Å²) < 4.78 is 0. The van der Waals surface area contributed by atoms with Gasteiger partial charge in [0.15, 0.2) is 0 Å². The van der Waals surface area contributed by atoms with Crippen LogP contribution < -0.4 is 16.0 Å². The number of hydrogen-bond donors (Lipinski definition) is 3. The standard InChI is InChI=1S/C22H28N4O3/c1-4-20(27)24-18-10-12-19(13-11-18)25-21(28)15-23-17-8-5-16(6-9-17)7-14-22(29)26(2)3/h5-6,8-13,23H,4,7,14-15H2,1-3H3,(H,24,27)(H,25,28). The van der Waals surface area contributed by atoms with E-state index in [1.54, 1.807) is 50.2 Å². The number of carbonyl (C=O) groups is 3. The van der Waals surface area contributed by atoms with E-state index in [2.05, 4.69) is 16.0 Å². The van der Waals surface area contributed by atoms with Crippen LogP contribution in [0.5, 0.6) is 0 Å². The Hall–Kier alpha value is -3.35. The molecule has 29 heavy (non-hydrogen) atoms. The van der Waals surface area contributed by atoms with Gasteiger partial charge in [-0.15, -0.1) is 0 Å². The van der Waals surface area contributed by atoms with Crippen LogP contribution in [0.4, 0.5) is 17.1 Å². The molecule has 3 N–H and O–H groups in total. The van der Waals surface area contributed by atoms with Crippen LogP contribution in [-0.4, -0.2) is 43.3 Å². The van der Waals surface area contributed by atoms with Crippen LogP contribution in [0.2, 0.25) is 0 Å². The van der Waals surface area contributed by atoms with Crippen LogP contribution in [0.3, 0.4) is 0 Å². The average molecular weight is 396 g/mol. The molecule has 7 nitrogen and oxygen atoms in total. The Kier molecular flexibility index (Phi) is 8.21. The molecule has 0 spiro atoms. The number of aryl methyl sites for hydroxylation is 1. The first kappa shape index (κ1) is 21.9. The number of nitrogens with one attached hydrogen (secondary N) is 3. The first-order chi connectivity index (χ1) is 13.9. The van der Waals surface area contributed by atoms with Crippen molar-refractivity contribution in [2.45, 2.75) is 26.2 Å². The molecule has 0 aromatic heterocycles. The van der Waals surface area contributed by atoms with Gasteiger partial charge >= 0.3 is 0 Å². The predicted octanol–water partition coefficient (Wildman–Crippen LogP) is 3.11. The highest BCUT2D eigenvalue weighted by molar-refractivity contribution is 5.94. The van der Waals surface area contributed by atoms with E-state index >= 15 is 0 Å². The fraction of sp³-hybridized carbons (Fsp3) is 0.318. The molecule has 154 valence electrons. The van der Waals surface area contributed by atoms with Crippen molar-refractivity contribution >= 4 is 34.8 Å². The van der Waals surface area contributed by atoms with E-state index in [-0.39, 0.29) is 24.3 Å². The molecule has 0 saturated carbocycles. The molecular weight excluding hydrogens is 368 g/mol. The Morgan fingerprint density at radius 3 is 1.83 bits per heavy atom. The molecule has 2 rings (SSSR count). The van der Waals surface area contributed by atoms with Gasteiger partial charge in [-0.05, 0) is 48.4 Å². The fourth-order valence-corrected chi connectivity index (χ4v) is 2.54. The molecule has 0 radical (unpaired) electrons. The Labute approximate surface area is 171 Å². The summed E-state index contributed by atoms with van der Waals surface area (Å²) in [5.74, 6) is -0.123. The summed E-state index contributed by atoms with van der Waals surface area (Å²) >= 11 is 0. The van der Waals surface area contributed by atoms with Crippen molar-refractivity contribution in [3.05, 3.63) is 54.1 Å². The minimum Gasteiger partial charge on any atom is -0.376 e. The highest BCUT2D eigenvalue weighted by atomic mass is 16.2. The van der Waals surface area contributed by atoms with Crippen LogP contribution in [0.15, 0.2) is 48.5 Å². The van der Waals surface area contributed by atoms with Crippen LogP contribution in [0.25, 0.3) is 0 Å². The molecule has 3 amide bonds. The maximum atomic E-state index is 12.1. The van der Waals surface area contributed by atoms with Crippen LogP contribution in [0.1, 0.15) is 25.3 Å². The highest BCUT2D eigenvalue weighted by Crippen LogP contribution is 2.14. The zero-order chi connectivity index (χ0) is 21.2. The molecule has 0 atom stereocenters. The molecule has 0 fully saturated rings. The van der Waals surface area contributed by atoms with Crippen molar-refractivity contribution in [1.29, 1.82) is 0 Å². The molecular formula is C22H28N4O3. The average Bonchev–Trinajstić information content (AvgIpc) is 2.72. The molecule has 0 aliphatic heterocycles. The summed E-state index contributed by atoms with van der Waals surface area (Å²) in [7, 11) is 3.50. The molecule has 2 aromatic rings. The summed E-state index contributed by atoms with van der Waals surface area (Å²) in [6.45, 7) is 1.92. The topological polar surface area (TPSA) is 90.5 Å². The lowest BCUT2D eigenvalue weighted by atomic mass is 10.1. The number of hydrogen-bond acceptors (Lipinski definition) is 4. The third kappa shape index (κ3) is 7.65. The Balaban J connectivity index is 1.77. The van der Waals surface area contributed by atoms with Gasteiger partial charge in [-0.2, -0.15) is 0 Å². The van der Waals surface area contributed by atoms with Crippen molar-refractivity contribution in [3.8, 4) is 0 Å². The van der Waals surface area contributed by atoms with E-state index in [1.165, 1.54) is 0 Å². The number of amides is 3. The van der Waals surface area contributed by atoms with Crippen molar-refractivity contribution in [2.75, 3.05) is 36.6 Å². The van der Waals surface area contributed by atoms with Crippen LogP contribution in [-0.2, 0) is 20.8 Å². The summed E-state index contributed by atoms with van der Waals surface area (Å²) in [4.78, 5) is 36.7. The Morgan fingerprint density at radius 1 is 0.793 bits per heavy atom. The maximum absolute atomic E-state index is 12.1. The maximum Gasteiger partial charge on any atom is 0.243 e. The minimum absolute atomic E-state index is 0.0543.